The largest absolute Gasteiger partial charge is 0.311 e. The fraction of sp³-hybridized carbons (Fsp3) is 0.0448. The van der Waals surface area contributed by atoms with Gasteiger partial charge in [0.2, 0.25) is 0 Å². The third kappa shape index (κ3) is 6.79. The van der Waals surface area contributed by atoms with Crippen molar-refractivity contribution in [2.75, 3.05) is 4.90 Å². The lowest BCUT2D eigenvalue weighted by molar-refractivity contribution is 0.662. The maximum absolute atomic E-state index is 2.42. The van der Waals surface area contributed by atoms with Gasteiger partial charge in [0, 0.05) is 38.8 Å². The normalized spacial score (nSPS) is 12.6. The molecule has 1 aromatic heterocycles. The number of fused-ring (bicyclic) bond motifs is 7. The van der Waals surface area contributed by atoms with Crippen LogP contribution in [0.15, 0.2) is 255 Å². The average molecular weight is 881 g/mol. The monoisotopic (exact) mass is 880 g/mol. The fourth-order valence-corrected chi connectivity index (χ4v) is 11.3. The second-order valence-electron chi connectivity index (χ2n) is 18.9. The first-order chi connectivity index (χ1) is 34.0. The van der Waals surface area contributed by atoms with Crippen molar-refractivity contribution < 1.29 is 0 Å². The average Bonchev–Trinajstić information content (AvgIpc) is 3.87. The van der Waals surface area contributed by atoms with Crippen molar-refractivity contribution in [1.82, 2.24) is 4.57 Å². The van der Waals surface area contributed by atoms with E-state index in [9.17, 15) is 0 Å². The van der Waals surface area contributed by atoms with E-state index in [0.29, 0.717) is 0 Å². The standard InChI is InChI=1S/C67H48N2/c1-67(2)62-25-9-5-20-58(62)61-24-14-23-57(66(61)67)48-35-41-55(42-36-48)68(53-37-31-46(32-38-53)50-17-13-18-51(43-50)52-30-29-45-15-3-4-16-49(45)44-52)54-39-33-47(34-40-54)56-19-6-10-26-63(56)69-64-27-11-7-21-59(64)60-22-8-12-28-65(60)69/h3-44H,1-2H3. The van der Waals surface area contributed by atoms with Crippen LogP contribution in [0.3, 0.4) is 0 Å². The maximum Gasteiger partial charge on any atom is 0.0541 e. The van der Waals surface area contributed by atoms with Crippen molar-refractivity contribution in [2.45, 2.75) is 19.3 Å². The van der Waals surface area contributed by atoms with Gasteiger partial charge in [-0.1, -0.05) is 202 Å². The minimum absolute atomic E-state index is 0.105. The third-order valence-electron chi connectivity index (χ3n) is 14.6. The van der Waals surface area contributed by atoms with Gasteiger partial charge in [0.25, 0.3) is 0 Å². The number of aromatic nitrogens is 1. The molecule has 0 fully saturated rings. The molecule has 0 amide bonds. The molecule has 69 heavy (non-hydrogen) atoms. The molecule has 0 bridgehead atoms. The van der Waals surface area contributed by atoms with Gasteiger partial charge in [-0.05, 0) is 139 Å². The lowest BCUT2D eigenvalue weighted by atomic mass is 9.79. The Morgan fingerprint density at radius 2 is 0.783 bits per heavy atom. The zero-order valence-corrected chi connectivity index (χ0v) is 38.6. The summed E-state index contributed by atoms with van der Waals surface area (Å²) in [6.07, 6.45) is 0. The van der Waals surface area contributed by atoms with Crippen molar-refractivity contribution >= 4 is 49.6 Å². The van der Waals surface area contributed by atoms with Crippen molar-refractivity contribution in [3.05, 3.63) is 266 Å². The van der Waals surface area contributed by atoms with Crippen LogP contribution in [-0.4, -0.2) is 4.57 Å². The Morgan fingerprint density at radius 1 is 0.319 bits per heavy atom. The molecule has 0 N–H and O–H groups in total. The van der Waals surface area contributed by atoms with E-state index >= 15 is 0 Å². The minimum Gasteiger partial charge on any atom is -0.311 e. The number of para-hydroxylation sites is 3. The number of anilines is 3. The first-order valence-corrected chi connectivity index (χ1v) is 24.0. The molecular formula is C67H48N2. The van der Waals surface area contributed by atoms with Gasteiger partial charge in [-0.3, -0.25) is 0 Å². The molecule has 13 rings (SSSR count). The summed E-state index contributed by atoms with van der Waals surface area (Å²) in [4.78, 5) is 2.39. The van der Waals surface area contributed by atoms with Crippen LogP contribution in [0.5, 0.6) is 0 Å². The molecule has 2 heteroatoms. The summed E-state index contributed by atoms with van der Waals surface area (Å²) in [5, 5.41) is 5.02. The van der Waals surface area contributed by atoms with E-state index in [1.807, 2.05) is 0 Å². The van der Waals surface area contributed by atoms with Crippen LogP contribution in [0.25, 0.3) is 93.9 Å². The zero-order valence-electron chi connectivity index (χ0n) is 38.6. The van der Waals surface area contributed by atoms with Crippen LogP contribution in [0, 0.1) is 0 Å². The SMILES string of the molecule is CC1(C)c2ccccc2-c2cccc(-c3ccc(N(c4ccc(-c5cccc(-c6ccc7ccccc7c6)c5)cc4)c4ccc(-c5ccccc5-n5c6ccccc6c6ccccc65)cc4)cc3)c21. The summed E-state index contributed by atoms with van der Waals surface area (Å²) >= 11 is 0. The van der Waals surface area contributed by atoms with Gasteiger partial charge in [-0.2, -0.15) is 0 Å². The highest BCUT2D eigenvalue weighted by Gasteiger charge is 2.37. The van der Waals surface area contributed by atoms with Gasteiger partial charge in [0.15, 0.2) is 0 Å². The Hall–Kier alpha value is -8.72. The summed E-state index contributed by atoms with van der Waals surface area (Å²) in [5.74, 6) is 0. The van der Waals surface area contributed by atoms with Gasteiger partial charge in [-0.25, -0.2) is 0 Å². The van der Waals surface area contributed by atoms with Crippen LogP contribution in [0.4, 0.5) is 17.1 Å². The van der Waals surface area contributed by atoms with Gasteiger partial charge in [0.05, 0.1) is 16.7 Å². The minimum atomic E-state index is -0.105. The molecule has 0 radical (unpaired) electrons. The molecule has 1 heterocycles. The molecule has 1 aliphatic carbocycles. The fourth-order valence-electron chi connectivity index (χ4n) is 11.3. The van der Waals surface area contributed by atoms with Crippen molar-refractivity contribution in [3.8, 4) is 61.3 Å². The lowest BCUT2D eigenvalue weighted by Crippen LogP contribution is -2.16. The molecule has 0 unspecified atom stereocenters. The lowest BCUT2D eigenvalue weighted by Gasteiger charge is -2.27. The van der Waals surface area contributed by atoms with Gasteiger partial charge < -0.3 is 9.47 Å². The molecule has 0 saturated heterocycles. The highest BCUT2D eigenvalue weighted by atomic mass is 15.1. The highest BCUT2D eigenvalue weighted by Crippen LogP contribution is 2.52. The molecule has 12 aromatic rings. The predicted molar refractivity (Wildman–Crippen MR) is 292 cm³/mol. The first-order valence-electron chi connectivity index (χ1n) is 24.0. The second kappa shape index (κ2) is 16.3. The Morgan fingerprint density at radius 3 is 1.46 bits per heavy atom. The van der Waals surface area contributed by atoms with Crippen LogP contribution >= 0.6 is 0 Å². The Labute approximate surface area is 403 Å². The van der Waals surface area contributed by atoms with Crippen molar-refractivity contribution in [3.63, 3.8) is 0 Å². The van der Waals surface area contributed by atoms with Gasteiger partial charge in [0.1, 0.15) is 0 Å². The van der Waals surface area contributed by atoms with E-state index in [-0.39, 0.29) is 5.41 Å². The molecular weight excluding hydrogens is 833 g/mol. The Bertz CT molecular complexity index is 3860. The van der Waals surface area contributed by atoms with Crippen LogP contribution in [-0.2, 0) is 5.41 Å². The summed E-state index contributed by atoms with van der Waals surface area (Å²) in [6, 6.07) is 93.5. The van der Waals surface area contributed by atoms with E-state index in [1.165, 1.54) is 93.8 Å². The molecule has 11 aromatic carbocycles. The summed E-state index contributed by atoms with van der Waals surface area (Å²) in [7, 11) is 0. The van der Waals surface area contributed by atoms with Crippen molar-refractivity contribution in [2.24, 2.45) is 0 Å². The number of rotatable bonds is 8. The second-order valence-corrected chi connectivity index (χ2v) is 18.9. The molecule has 326 valence electrons. The molecule has 0 aliphatic heterocycles. The number of benzene rings is 11. The molecule has 1 aliphatic rings. The topological polar surface area (TPSA) is 8.17 Å². The van der Waals surface area contributed by atoms with Crippen LogP contribution in [0.2, 0.25) is 0 Å². The zero-order chi connectivity index (χ0) is 46.1. The Kier molecular flexibility index (Phi) is 9.55. The van der Waals surface area contributed by atoms with Crippen molar-refractivity contribution in [1.29, 1.82) is 0 Å². The third-order valence-corrected chi connectivity index (χ3v) is 14.6. The Balaban J connectivity index is 0.890. The maximum atomic E-state index is 2.42. The predicted octanol–water partition coefficient (Wildman–Crippen LogP) is 18.4. The summed E-state index contributed by atoms with van der Waals surface area (Å²) in [5.41, 5.74) is 21.8. The number of hydrogen-bond acceptors (Lipinski definition) is 1. The van der Waals surface area contributed by atoms with E-state index in [0.717, 1.165) is 28.3 Å². The van der Waals surface area contributed by atoms with E-state index in [1.54, 1.807) is 0 Å². The smallest absolute Gasteiger partial charge is 0.0541 e. The summed E-state index contributed by atoms with van der Waals surface area (Å²) < 4.78 is 2.42. The molecule has 0 saturated carbocycles. The number of hydrogen-bond donors (Lipinski definition) is 0. The molecule has 0 spiro atoms. The van der Waals surface area contributed by atoms with Crippen LogP contribution < -0.4 is 4.90 Å². The van der Waals surface area contributed by atoms with E-state index < -0.39 is 0 Å². The quantitative estimate of drug-likeness (QED) is 0.148. The number of nitrogens with zero attached hydrogens (tertiary/aromatic N) is 2. The highest BCUT2D eigenvalue weighted by molar-refractivity contribution is 6.09. The first kappa shape index (κ1) is 40.5. The van der Waals surface area contributed by atoms with Gasteiger partial charge in [-0.15, -0.1) is 0 Å². The van der Waals surface area contributed by atoms with Gasteiger partial charge >= 0.3 is 0 Å². The summed E-state index contributed by atoms with van der Waals surface area (Å²) in [6.45, 7) is 4.73. The van der Waals surface area contributed by atoms with E-state index in [4.69, 9.17) is 0 Å². The molecule has 0 atom stereocenters. The van der Waals surface area contributed by atoms with E-state index in [2.05, 4.69) is 278 Å². The van der Waals surface area contributed by atoms with Crippen LogP contribution in [0.1, 0.15) is 25.0 Å². The molecule has 2 nitrogen and oxygen atoms in total.